The molecule has 2 aromatic heterocycles. The Morgan fingerprint density at radius 3 is 2.54 bits per heavy atom. The smallest absolute Gasteiger partial charge is 0.377 e. The minimum Gasteiger partial charge on any atom is -0.377 e. The first kappa shape index (κ1) is 35.3. The molecular weight excluding hydrogens is 685 g/mol. The van der Waals surface area contributed by atoms with Crippen LogP contribution in [0, 0.1) is 0 Å². The van der Waals surface area contributed by atoms with Gasteiger partial charge in [0.05, 0.1) is 41.7 Å². The topological polar surface area (TPSA) is 152 Å². The summed E-state index contributed by atoms with van der Waals surface area (Å²) >= 11 is 6.11. The first-order valence-corrected chi connectivity index (χ1v) is 16.7. The van der Waals surface area contributed by atoms with Crippen molar-refractivity contribution in [1.82, 2.24) is 29.4 Å². The third-order valence-electron chi connectivity index (χ3n) is 8.87. The molecule has 1 aromatic carbocycles. The Bertz CT molecular complexity index is 1880. The summed E-state index contributed by atoms with van der Waals surface area (Å²) in [7, 11) is 0. The molecule has 14 nitrogen and oxygen atoms in total. The maximum Gasteiger partial charge on any atom is 0.416 e. The number of fused-ring (bicyclic) bond motifs is 1. The van der Waals surface area contributed by atoms with Gasteiger partial charge in [-0.05, 0) is 49.5 Å². The molecule has 0 spiro atoms. The van der Waals surface area contributed by atoms with Crippen molar-refractivity contribution < 1.29 is 37.0 Å². The molecule has 18 heteroatoms. The Balaban J connectivity index is 1.27. The Kier molecular flexibility index (Phi) is 10.5. The van der Waals surface area contributed by atoms with Gasteiger partial charge in [0.1, 0.15) is 18.3 Å². The van der Waals surface area contributed by atoms with Crippen molar-refractivity contribution in [1.29, 1.82) is 0 Å². The third kappa shape index (κ3) is 7.49. The van der Waals surface area contributed by atoms with E-state index < -0.39 is 29.3 Å². The molecule has 0 bridgehead atoms. The molecule has 3 aromatic rings. The van der Waals surface area contributed by atoms with Gasteiger partial charge in [0.15, 0.2) is 5.82 Å². The van der Waals surface area contributed by atoms with Crippen molar-refractivity contribution in [2.24, 2.45) is 0 Å². The lowest BCUT2D eigenvalue weighted by atomic mass is 10.1. The lowest BCUT2D eigenvalue weighted by molar-refractivity contribution is -0.137. The van der Waals surface area contributed by atoms with Gasteiger partial charge in [-0.25, -0.2) is 0 Å². The van der Waals surface area contributed by atoms with Gasteiger partial charge in [-0.1, -0.05) is 24.6 Å². The highest BCUT2D eigenvalue weighted by molar-refractivity contribution is 6.33. The van der Waals surface area contributed by atoms with Gasteiger partial charge in [0.25, 0.3) is 5.56 Å². The summed E-state index contributed by atoms with van der Waals surface area (Å²) in [6.07, 6.45) is -1.08. The van der Waals surface area contributed by atoms with Gasteiger partial charge in [-0.2, -0.15) is 22.7 Å². The molecule has 268 valence electrons. The summed E-state index contributed by atoms with van der Waals surface area (Å²) < 4.78 is 53.0. The van der Waals surface area contributed by atoms with E-state index in [0.717, 1.165) is 34.7 Å². The second-order valence-corrected chi connectivity index (χ2v) is 12.5. The molecule has 50 heavy (non-hydrogen) atoms. The van der Waals surface area contributed by atoms with E-state index in [1.165, 1.54) is 0 Å². The number of anilines is 2. The van der Waals surface area contributed by atoms with E-state index in [1.54, 1.807) is 9.47 Å². The van der Waals surface area contributed by atoms with Crippen molar-refractivity contribution in [2.75, 3.05) is 62.8 Å². The predicted octanol–water partition coefficient (Wildman–Crippen LogP) is 2.51. The van der Waals surface area contributed by atoms with Gasteiger partial charge in [-0.3, -0.25) is 19.2 Å². The van der Waals surface area contributed by atoms with Crippen LogP contribution in [0.2, 0.25) is 5.02 Å². The highest BCUT2D eigenvalue weighted by atomic mass is 35.5. The highest BCUT2D eigenvalue weighted by Gasteiger charge is 2.32. The van der Waals surface area contributed by atoms with Crippen LogP contribution in [0.1, 0.15) is 43.3 Å². The van der Waals surface area contributed by atoms with Crippen molar-refractivity contribution in [3.63, 3.8) is 0 Å². The number of rotatable bonds is 9. The lowest BCUT2D eigenvalue weighted by Gasteiger charge is -2.37. The number of ether oxygens (including phenoxy) is 2. The molecule has 0 saturated carbocycles. The van der Waals surface area contributed by atoms with Crippen molar-refractivity contribution in [2.45, 2.75) is 51.4 Å². The quantitative estimate of drug-likeness (QED) is 0.340. The number of benzene rings is 1. The number of nitrogens with one attached hydrogen (secondary N) is 2. The van der Waals surface area contributed by atoms with Crippen LogP contribution in [0.4, 0.5) is 24.5 Å². The summed E-state index contributed by atoms with van der Waals surface area (Å²) in [4.78, 5) is 60.9. The van der Waals surface area contributed by atoms with E-state index in [2.05, 4.69) is 20.7 Å². The normalized spacial score (nSPS) is 18.3. The number of nitrogens with zero attached hydrogens (tertiary/aromatic N) is 6. The minimum atomic E-state index is -4.61. The highest BCUT2D eigenvalue weighted by Crippen LogP contribution is 2.34. The molecule has 0 unspecified atom stereocenters. The molecule has 0 radical (unpaired) electrons. The maximum absolute atomic E-state index is 14.1. The number of carbonyl (C=O) groups excluding carboxylic acids is 3. The predicted molar refractivity (Wildman–Crippen MR) is 176 cm³/mol. The van der Waals surface area contributed by atoms with Gasteiger partial charge < -0.3 is 34.5 Å². The number of piperazine rings is 1. The molecular formula is C32H36ClF3N8O6. The fraction of sp³-hybridized carbons (Fsp3) is 0.500. The van der Waals surface area contributed by atoms with E-state index in [4.69, 9.17) is 21.1 Å². The fourth-order valence-corrected chi connectivity index (χ4v) is 6.50. The molecule has 5 heterocycles. The molecule has 2 saturated heterocycles. The van der Waals surface area contributed by atoms with Crippen molar-refractivity contribution >= 4 is 52.0 Å². The van der Waals surface area contributed by atoms with Crippen molar-refractivity contribution in [3.05, 3.63) is 56.7 Å². The maximum atomic E-state index is 14.1. The number of alkyl halides is 3. The number of hydrogen-bond acceptors (Lipinski definition) is 9. The minimum absolute atomic E-state index is 0.0118. The Hall–Kier alpha value is -4.48. The Labute approximate surface area is 289 Å². The second kappa shape index (κ2) is 14.8. The largest absolute Gasteiger partial charge is 0.416 e. The van der Waals surface area contributed by atoms with Crippen molar-refractivity contribution in [3.8, 4) is 0 Å². The number of halogens is 4. The lowest BCUT2D eigenvalue weighted by Crippen LogP contribution is -2.53. The summed E-state index contributed by atoms with van der Waals surface area (Å²) in [5, 5.41) is 9.47. The Morgan fingerprint density at radius 1 is 1.12 bits per heavy atom. The third-order valence-corrected chi connectivity index (χ3v) is 9.18. The summed E-state index contributed by atoms with van der Waals surface area (Å²) in [6.45, 7) is 3.75. The van der Waals surface area contributed by atoms with E-state index in [1.807, 2.05) is 17.9 Å². The summed E-state index contributed by atoms with van der Waals surface area (Å²) in [5.41, 5.74) is 0.141. The molecule has 1 atom stereocenters. The van der Waals surface area contributed by atoms with Crippen LogP contribution < -0.4 is 21.1 Å². The van der Waals surface area contributed by atoms with Crippen LogP contribution in [-0.2, 0) is 43.0 Å². The molecule has 3 amide bonds. The zero-order chi connectivity index (χ0) is 35.6. The fourth-order valence-electron chi connectivity index (χ4n) is 6.27. The molecule has 2 fully saturated rings. The van der Waals surface area contributed by atoms with E-state index in [-0.39, 0.29) is 73.3 Å². The summed E-state index contributed by atoms with van der Waals surface area (Å²) in [6, 6.07) is 2.64. The zero-order valence-electron chi connectivity index (χ0n) is 27.2. The van der Waals surface area contributed by atoms with Gasteiger partial charge in [0.2, 0.25) is 23.5 Å². The monoisotopic (exact) mass is 720 g/mol. The SMILES string of the molecule is CCc1c(N2CCN(C(=O)CNC(=O)[C@H]3CCCO3)CC2)c(=O)n2nc(C3=CCOCC3)nc2n1CC(=O)Nc1ccc(C(F)(F)F)cc1Cl. The Morgan fingerprint density at radius 2 is 1.90 bits per heavy atom. The van der Waals surface area contributed by atoms with Crippen LogP contribution in [-0.4, -0.2) is 100 Å². The zero-order valence-corrected chi connectivity index (χ0v) is 28.0. The van der Waals surface area contributed by atoms with Crippen LogP contribution in [0.3, 0.4) is 0 Å². The number of hydrogen-bond donors (Lipinski definition) is 2. The van der Waals surface area contributed by atoms with Gasteiger partial charge in [-0.15, -0.1) is 5.10 Å². The van der Waals surface area contributed by atoms with Gasteiger partial charge in [0, 0.05) is 32.8 Å². The first-order chi connectivity index (χ1) is 23.9. The van der Waals surface area contributed by atoms with Crippen LogP contribution >= 0.6 is 11.6 Å². The molecule has 3 aliphatic heterocycles. The van der Waals surface area contributed by atoms with E-state index in [0.29, 0.717) is 50.6 Å². The number of carbonyl (C=O) groups is 3. The van der Waals surface area contributed by atoms with E-state index in [9.17, 15) is 32.3 Å². The van der Waals surface area contributed by atoms with E-state index >= 15 is 0 Å². The average Bonchev–Trinajstić information content (AvgIpc) is 3.81. The number of amides is 3. The molecule has 0 aliphatic carbocycles. The van der Waals surface area contributed by atoms with Crippen LogP contribution in [0.25, 0.3) is 11.4 Å². The standard InChI is InChI=1S/C32H36ClF3N8O6/c1-2-23-27(42-11-9-41(10-12-42)26(46)17-37-29(47)24-4-3-13-50-24)30(48)44-31(39-28(40-44)19-7-14-49-15-8-19)43(23)18-25(45)38-22-6-5-20(16-21(22)33)32(34,35)36/h5-7,16,24H,2-4,8-15,17-18H2,1H3,(H,37,47)(H,38,45)/t24-/m1/s1. The first-order valence-electron chi connectivity index (χ1n) is 16.3. The number of aromatic nitrogens is 4. The van der Waals surface area contributed by atoms with Crippen LogP contribution in [0.15, 0.2) is 29.1 Å². The molecule has 2 N–H and O–H groups in total. The molecule has 3 aliphatic rings. The second-order valence-electron chi connectivity index (χ2n) is 12.1. The summed E-state index contributed by atoms with van der Waals surface area (Å²) in [5.74, 6) is -0.770. The average molecular weight is 721 g/mol. The van der Waals surface area contributed by atoms with Crippen LogP contribution in [0.5, 0.6) is 0 Å². The molecule has 6 rings (SSSR count). The van der Waals surface area contributed by atoms with Gasteiger partial charge >= 0.3 is 6.18 Å².